The van der Waals surface area contributed by atoms with Crippen LogP contribution < -0.4 is 63.9 Å². The zero-order valence-electron chi connectivity index (χ0n) is 69.6. The summed E-state index contributed by atoms with van der Waals surface area (Å²) < 4.78 is 30.4. The summed E-state index contributed by atoms with van der Waals surface area (Å²) in [5, 5.41) is 146. The molecule has 3 aliphatic heterocycles. The van der Waals surface area contributed by atoms with E-state index in [1.807, 2.05) is 0 Å². The highest BCUT2D eigenvalue weighted by Gasteiger charge is 2.45. The fraction of sp³-hybridized carbons (Fsp3) is 0.544. The van der Waals surface area contributed by atoms with Crippen LogP contribution in [-0.4, -0.2) is 346 Å². The molecule has 2 fully saturated rings. The number of aliphatic hydroxyl groups excluding tert-OH is 8. The first kappa shape index (κ1) is 100. The number of hydrogen-bond acceptors (Lipinski definition) is 32. The molecule has 10 atom stereocenters. The fourth-order valence-corrected chi connectivity index (χ4v) is 13.3. The predicted molar refractivity (Wildman–Crippen MR) is 446 cm³/mol. The molecule has 21 N–H and O–H groups in total. The smallest absolute Gasteiger partial charge is 0.336 e. The summed E-state index contributed by atoms with van der Waals surface area (Å²) in [5.74, 6) is -6.22. The van der Waals surface area contributed by atoms with Crippen LogP contribution in [0.15, 0.2) is 76.2 Å². The van der Waals surface area contributed by atoms with Gasteiger partial charge in [-0.15, -0.1) is 10.2 Å². The summed E-state index contributed by atoms with van der Waals surface area (Å²) in [4.78, 5) is 168. The first-order valence-corrected chi connectivity index (χ1v) is 41.5. The van der Waals surface area contributed by atoms with E-state index in [1.165, 1.54) is 68.7 Å². The Morgan fingerprint density at radius 3 is 1.27 bits per heavy atom. The minimum Gasteiger partial charge on any atom is -0.508 e. The van der Waals surface area contributed by atoms with Crippen LogP contribution in [0.2, 0.25) is 0 Å². The van der Waals surface area contributed by atoms with E-state index in [2.05, 4.69) is 79.1 Å². The maximum Gasteiger partial charge on any atom is 0.336 e. The summed E-state index contributed by atoms with van der Waals surface area (Å²) >= 11 is 5.44. The number of carbonyl (C=O) groups excluding carboxylic acids is 11. The van der Waals surface area contributed by atoms with Crippen molar-refractivity contribution in [2.45, 2.75) is 158 Å². The van der Waals surface area contributed by atoms with Gasteiger partial charge >= 0.3 is 5.97 Å². The van der Waals surface area contributed by atoms with Crippen LogP contribution in [0.3, 0.4) is 0 Å². The van der Waals surface area contributed by atoms with E-state index < -0.39 is 134 Å². The van der Waals surface area contributed by atoms with E-state index in [0.29, 0.717) is 39.2 Å². The van der Waals surface area contributed by atoms with Crippen molar-refractivity contribution < 1.29 is 132 Å². The molecule has 48 heteroatoms. The van der Waals surface area contributed by atoms with Crippen molar-refractivity contribution >= 4 is 105 Å². The number of nitrogens with one attached hydrogen (secondary N) is 11. The molecule has 0 spiro atoms. The van der Waals surface area contributed by atoms with Crippen LogP contribution in [0, 0.1) is 0 Å². The number of phenolic OH excluding ortho intramolecular Hbond substituents is 1. The summed E-state index contributed by atoms with van der Waals surface area (Å²) in [6.07, 6.45) is -13.0. The third kappa shape index (κ3) is 33.1. The molecule has 5 heterocycles. The van der Waals surface area contributed by atoms with Crippen molar-refractivity contribution in [3.05, 3.63) is 94.2 Å². The number of phenols is 1. The first-order valence-electron chi connectivity index (χ1n) is 41.0. The Labute approximate surface area is 731 Å². The number of aliphatic hydroxyl groups is 8. The number of carbonyl (C=O) groups is 12. The van der Waals surface area contributed by atoms with Crippen LogP contribution in [0.25, 0.3) is 33.4 Å². The quantitative estimate of drug-likeness (QED) is 0.00959. The molecule has 2 aromatic heterocycles. The second-order valence-corrected chi connectivity index (χ2v) is 29.8. The number of aromatic hydroxyl groups is 1. The van der Waals surface area contributed by atoms with E-state index in [1.54, 1.807) is 24.4 Å². The minimum atomic E-state index is -1.64. The molecule has 47 nitrogen and oxygen atoms in total. The van der Waals surface area contributed by atoms with Gasteiger partial charge in [0.05, 0.1) is 56.5 Å². The van der Waals surface area contributed by atoms with Gasteiger partial charge in [0.2, 0.25) is 65.0 Å². The molecule has 127 heavy (non-hydrogen) atoms. The molecule has 2 aromatic carbocycles. The van der Waals surface area contributed by atoms with Gasteiger partial charge in [0.1, 0.15) is 65.9 Å². The van der Waals surface area contributed by atoms with E-state index in [9.17, 15) is 113 Å². The molecule has 694 valence electrons. The standard InChI is InChI=1S/C79H109N19O28S/c1-45(101)80-26-30-95(67(112)18-3-47-41-97(93-91-47)34-36-122-77-74(118)72(116)70(114)57(43-99)125-77)31-27-86-64(109)15-12-61(106)83-22-20-81-59(104)10-11-60(105)82-21-23-84-62(107)13-16-65(110)87-28-32-96(68(113)19-4-48-42-98(94-92-48)35-37-123-78-75(119)73(117)71(115)58(44-100)126-78)33-29-88-66(111)17-14-63(108)85-24-25-89-79(127)90-46-2-7-51(54(38-46)76(120)121)69-52-8-5-49(102)39-55(52)124-56-40-50(103)6-9-53(56)69/h2,5-9,38-42,57-58,70-75,77-78,99-100,102,114-119H,3-4,10-37,43-44H2,1H3,(H,80,101)(H,81,104)(H,82,105)(H,83,106)(H,84,107)(H,85,108)(H,86,109)(H,87,110)(H,88,111)(H,120,121)(H2,89,90,127)/t57-,58-,70+,71+,72+,73+,74-,75-,77-,78-/m1/s1. The van der Waals surface area contributed by atoms with Crippen molar-refractivity contribution in [1.29, 1.82) is 0 Å². The number of hydrogen-bond donors (Lipinski definition) is 21. The van der Waals surface area contributed by atoms with Crippen LogP contribution in [0.1, 0.15) is 92.9 Å². The number of benzene rings is 3. The van der Waals surface area contributed by atoms with Crippen molar-refractivity contribution in [2.75, 3.05) is 123 Å². The van der Waals surface area contributed by atoms with Gasteiger partial charge in [0.15, 0.2) is 23.1 Å². The van der Waals surface area contributed by atoms with Crippen molar-refractivity contribution in [1.82, 2.24) is 93.0 Å². The molecule has 1 aliphatic carbocycles. The van der Waals surface area contributed by atoms with Crippen molar-refractivity contribution in [3.63, 3.8) is 0 Å². The highest BCUT2D eigenvalue weighted by molar-refractivity contribution is 7.80. The molecule has 2 saturated heterocycles. The number of anilines is 1. The van der Waals surface area contributed by atoms with Gasteiger partial charge < -0.3 is 143 Å². The highest BCUT2D eigenvalue weighted by Crippen LogP contribution is 2.42. The molecular formula is C79H109N19O28S. The number of rotatable bonds is 52. The number of thiocarbonyl (C=S) groups is 1. The lowest BCUT2D eigenvalue weighted by Gasteiger charge is -2.39. The maximum absolute atomic E-state index is 13.8. The average molecular weight is 1800 g/mol. The Morgan fingerprint density at radius 2 is 0.866 bits per heavy atom. The van der Waals surface area contributed by atoms with Crippen LogP contribution in [0.5, 0.6) is 5.75 Å². The summed E-state index contributed by atoms with van der Waals surface area (Å²) in [5.41, 5.74) is 2.14. The number of carboxylic acids is 1. The highest BCUT2D eigenvalue weighted by atomic mass is 32.1. The van der Waals surface area contributed by atoms with E-state index >= 15 is 0 Å². The molecule has 0 bridgehead atoms. The second kappa shape index (κ2) is 51.6. The number of carboxylic acid groups (broad SMARTS) is 1. The van der Waals surface area contributed by atoms with E-state index in [4.69, 9.17) is 35.6 Å². The van der Waals surface area contributed by atoms with Crippen molar-refractivity contribution in [2.24, 2.45) is 0 Å². The molecule has 0 radical (unpaired) electrons. The Hall–Kier alpha value is -11.9. The van der Waals surface area contributed by atoms with Gasteiger partial charge in [-0.1, -0.05) is 16.5 Å². The number of aromatic nitrogens is 6. The second-order valence-electron chi connectivity index (χ2n) is 29.4. The number of fused-ring (bicyclic) bond motifs is 2. The van der Waals surface area contributed by atoms with Gasteiger partial charge in [-0.25, -0.2) is 14.2 Å². The Kier molecular flexibility index (Phi) is 40.8. The number of ether oxygens (including phenoxy) is 4. The SMILES string of the molecule is CC(=O)NCCN(CCNC(=O)CCC(=O)NCCNC(=O)CCC(=O)NCCNC(=O)CCC(=O)NCCN(CCNC(=O)CCC(=O)NCCNC(=S)Nc1ccc(-c2c3ccc(=O)cc-3oc3cc(O)ccc23)c(C(=O)O)c1)C(=O)CCc1cn(CCO[C@@H]2O[C@H](CO)[C@H](O)[C@H](O)[C@H]2O)nn1)C(=O)CCc1cn(CCO[C@@H]2O[C@H](CO)[C@H](O)[C@H](O)[C@H]2O)nn1. The zero-order chi connectivity index (χ0) is 92.1. The summed E-state index contributed by atoms with van der Waals surface area (Å²) in [6, 6.07) is 13.1. The molecule has 4 aliphatic rings. The van der Waals surface area contributed by atoms with Gasteiger partial charge in [0, 0.05) is 222 Å². The maximum atomic E-state index is 13.8. The predicted octanol–water partition coefficient (Wildman–Crippen LogP) is -6.82. The molecule has 11 amide bonds. The lowest BCUT2D eigenvalue weighted by molar-refractivity contribution is -0.301. The lowest BCUT2D eigenvalue weighted by atomic mass is 9.90. The molecule has 0 unspecified atom stereocenters. The van der Waals surface area contributed by atoms with Gasteiger partial charge in [-0.3, -0.25) is 57.5 Å². The molecular weight excluding hydrogens is 1700 g/mol. The van der Waals surface area contributed by atoms with Gasteiger partial charge in [-0.05, 0) is 54.2 Å². The van der Waals surface area contributed by atoms with Gasteiger partial charge in [-0.2, -0.15) is 0 Å². The minimum absolute atomic E-state index is 0.00654. The third-order valence-electron chi connectivity index (χ3n) is 19.9. The summed E-state index contributed by atoms with van der Waals surface area (Å²) in [7, 11) is 0. The molecule has 0 saturated carbocycles. The topological polar surface area (TPSA) is 675 Å². The van der Waals surface area contributed by atoms with Crippen LogP contribution >= 0.6 is 12.2 Å². The summed E-state index contributed by atoms with van der Waals surface area (Å²) in [6.45, 7) is 0.425. The number of aromatic carboxylic acids is 1. The van der Waals surface area contributed by atoms with E-state index in [-0.39, 0.29) is 240 Å². The average Bonchev–Trinajstić information content (AvgIpc) is 1.29. The zero-order valence-corrected chi connectivity index (χ0v) is 70.4. The van der Waals surface area contributed by atoms with Crippen LogP contribution in [-0.2, 0) is 97.6 Å². The molecule has 8 rings (SSSR count). The van der Waals surface area contributed by atoms with Crippen LogP contribution in [0.4, 0.5) is 5.69 Å². The fourth-order valence-electron chi connectivity index (χ4n) is 13.1. The number of nitrogens with zero attached hydrogens (tertiary/aromatic N) is 8. The first-order chi connectivity index (χ1) is 60.9. The molecule has 4 aromatic rings. The number of amides is 11. The normalized spacial score (nSPS) is 18.4. The van der Waals surface area contributed by atoms with Gasteiger partial charge in [0.25, 0.3) is 0 Å². The Balaban J connectivity index is 0.676. The Bertz CT molecular complexity index is 4740. The monoisotopic (exact) mass is 1800 g/mol. The largest absolute Gasteiger partial charge is 0.508 e. The number of aryl methyl sites for hydroxylation is 2. The van der Waals surface area contributed by atoms with Crippen molar-refractivity contribution in [3.8, 4) is 28.2 Å². The Morgan fingerprint density at radius 1 is 0.472 bits per heavy atom. The third-order valence-corrected chi connectivity index (χ3v) is 20.1. The lowest BCUT2D eigenvalue weighted by Crippen LogP contribution is -2.59. The van der Waals surface area contributed by atoms with E-state index in [0.717, 1.165) is 0 Å².